The van der Waals surface area contributed by atoms with E-state index in [9.17, 15) is 4.79 Å². The van der Waals surface area contributed by atoms with Crippen LogP contribution in [0, 0.1) is 0 Å². The van der Waals surface area contributed by atoms with Crippen molar-refractivity contribution in [1.82, 2.24) is 25.3 Å². The summed E-state index contributed by atoms with van der Waals surface area (Å²) >= 11 is 1.63. The van der Waals surface area contributed by atoms with Crippen LogP contribution >= 0.6 is 11.3 Å². The number of benzene rings is 1. The molecule has 0 bridgehead atoms. The van der Waals surface area contributed by atoms with Gasteiger partial charge in [0.1, 0.15) is 0 Å². The Bertz CT molecular complexity index is 1070. The summed E-state index contributed by atoms with van der Waals surface area (Å²) in [4.78, 5) is 29.5. The third-order valence-electron chi connectivity index (χ3n) is 4.33. The molecule has 7 heteroatoms. The molecular formula is C22H19N5OS. The van der Waals surface area contributed by atoms with Crippen LogP contribution in [0.4, 0.5) is 0 Å². The van der Waals surface area contributed by atoms with Gasteiger partial charge >= 0.3 is 0 Å². The monoisotopic (exact) mass is 401 g/mol. The zero-order valence-electron chi connectivity index (χ0n) is 15.7. The van der Waals surface area contributed by atoms with Crippen molar-refractivity contribution in [2.45, 2.75) is 12.8 Å². The van der Waals surface area contributed by atoms with E-state index < -0.39 is 0 Å². The number of hydrogen-bond donors (Lipinski definition) is 1. The lowest BCUT2D eigenvalue weighted by atomic mass is 10.2. The minimum absolute atomic E-state index is 0.166. The molecule has 0 saturated carbocycles. The van der Waals surface area contributed by atoms with Gasteiger partial charge in [-0.25, -0.2) is 15.0 Å². The fourth-order valence-corrected chi connectivity index (χ4v) is 3.66. The first-order chi connectivity index (χ1) is 14.3. The number of carbonyl (C=O) groups excluding carboxylic acids is 1. The van der Waals surface area contributed by atoms with Crippen molar-refractivity contribution < 1.29 is 4.79 Å². The van der Waals surface area contributed by atoms with E-state index in [0.717, 1.165) is 34.7 Å². The summed E-state index contributed by atoms with van der Waals surface area (Å²) in [7, 11) is 0. The Balaban J connectivity index is 1.26. The first kappa shape index (κ1) is 18.9. The maximum Gasteiger partial charge on any atom is 0.254 e. The number of carbonyl (C=O) groups is 1. The lowest BCUT2D eigenvalue weighted by Gasteiger charge is -2.05. The smallest absolute Gasteiger partial charge is 0.254 e. The Kier molecular flexibility index (Phi) is 5.97. The van der Waals surface area contributed by atoms with Gasteiger partial charge in [-0.1, -0.05) is 30.3 Å². The van der Waals surface area contributed by atoms with Crippen LogP contribution in [0.1, 0.15) is 21.8 Å². The van der Waals surface area contributed by atoms with Crippen LogP contribution in [0.2, 0.25) is 0 Å². The summed E-state index contributed by atoms with van der Waals surface area (Å²) in [5.74, 6) is 0.442. The maximum atomic E-state index is 12.3. The fraction of sp³-hybridized carbons (Fsp3) is 0.136. The van der Waals surface area contributed by atoms with Crippen LogP contribution in [0.15, 0.2) is 72.6 Å². The summed E-state index contributed by atoms with van der Waals surface area (Å²) in [5.41, 5.74) is 3.41. The summed E-state index contributed by atoms with van der Waals surface area (Å²) in [5, 5.41) is 6.02. The van der Waals surface area contributed by atoms with Gasteiger partial charge in [-0.05, 0) is 18.6 Å². The number of rotatable bonds is 7. The van der Waals surface area contributed by atoms with Crippen molar-refractivity contribution in [3.8, 4) is 22.6 Å². The second kappa shape index (κ2) is 9.16. The molecule has 1 amide bonds. The van der Waals surface area contributed by atoms with E-state index in [1.54, 1.807) is 36.1 Å². The van der Waals surface area contributed by atoms with E-state index in [0.29, 0.717) is 17.9 Å². The molecule has 6 nitrogen and oxygen atoms in total. The molecule has 0 aliphatic carbocycles. The predicted octanol–water partition coefficient (Wildman–Crippen LogP) is 4.02. The van der Waals surface area contributed by atoms with Crippen LogP contribution in [0.3, 0.4) is 0 Å². The zero-order chi connectivity index (χ0) is 19.9. The highest BCUT2D eigenvalue weighted by Gasteiger charge is 2.08. The number of aryl methyl sites for hydroxylation is 1. The Hall–Kier alpha value is -3.45. The van der Waals surface area contributed by atoms with Gasteiger partial charge in [-0.3, -0.25) is 9.78 Å². The van der Waals surface area contributed by atoms with Crippen molar-refractivity contribution in [1.29, 1.82) is 0 Å². The summed E-state index contributed by atoms with van der Waals surface area (Å²) in [6.45, 7) is 0.573. The molecule has 0 saturated heterocycles. The van der Waals surface area contributed by atoms with Crippen LogP contribution in [-0.4, -0.2) is 32.4 Å². The number of hydrogen-bond acceptors (Lipinski definition) is 6. The van der Waals surface area contributed by atoms with Gasteiger partial charge in [-0.15, -0.1) is 11.3 Å². The third kappa shape index (κ3) is 4.89. The minimum atomic E-state index is -0.166. The highest BCUT2D eigenvalue weighted by atomic mass is 32.1. The van der Waals surface area contributed by atoms with Crippen molar-refractivity contribution in [2.75, 3.05) is 6.54 Å². The molecule has 0 aliphatic rings. The molecular weight excluding hydrogens is 382 g/mol. The first-order valence-electron chi connectivity index (χ1n) is 9.30. The second-order valence-electron chi connectivity index (χ2n) is 6.38. The highest BCUT2D eigenvalue weighted by molar-refractivity contribution is 7.09. The molecule has 29 heavy (non-hydrogen) atoms. The number of aromatic nitrogens is 4. The SMILES string of the molecule is O=C(NCCCc1nc(-c2ccncc2)cs1)c1cnc(-c2ccccc2)nc1. The van der Waals surface area contributed by atoms with E-state index in [1.165, 1.54) is 0 Å². The molecule has 0 atom stereocenters. The van der Waals surface area contributed by atoms with Crippen LogP contribution in [-0.2, 0) is 6.42 Å². The van der Waals surface area contributed by atoms with Gasteiger partial charge in [0.05, 0.1) is 16.3 Å². The number of thiazole rings is 1. The van der Waals surface area contributed by atoms with Crippen molar-refractivity contribution in [3.05, 3.63) is 83.2 Å². The Morgan fingerprint density at radius 1 is 0.966 bits per heavy atom. The number of pyridine rings is 1. The second-order valence-corrected chi connectivity index (χ2v) is 7.33. The van der Waals surface area contributed by atoms with Crippen LogP contribution in [0.5, 0.6) is 0 Å². The predicted molar refractivity (Wildman–Crippen MR) is 113 cm³/mol. The topological polar surface area (TPSA) is 80.7 Å². The standard InChI is InChI=1S/C22H19N5OS/c28-22(18-13-25-21(26-14-18)17-5-2-1-3-6-17)24-10-4-7-20-27-19(15-29-20)16-8-11-23-12-9-16/h1-3,5-6,8-9,11-15H,4,7,10H2,(H,24,28). The zero-order valence-corrected chi connectivity index (χ0v) is 16.5. The lowest BCUT2D eigenvalue weighted by molar-refractivity contribution is 0.0952. The average Bonchev–Trinajstić information content (AvgIpc) is 3.27. The average molecular weight is 401 g/mol. The molecule has 1 N–H and O–H groups in total. The van der Waals surface area contributed by atoms with E-state index in [-0.39, 0.29) is 5.91 Å². The van der Waals surface area contributed by atoms with Crippen molar-refractivity contribution >= 4 is 17.2 Å². The fourth-order valence-electron chi connectivity index (χ4n) is 2.81. The Labute approximate surface area is 172 Å². The van der Waals surface area contributed by atoms with E-state index in [2.05, 4.69) is 30.6 Å². The summed E-state index contributed by atoms with van der Waals surface area (Å²) in [6.07, 6.45) is 8.29. The van der Waals surface area contributed by atoms with E-state index >= 15 is 0 Å². The van der Waals surface area contributed by atoms with Gasteiger partial charge in [0.2, 0.25) is 0 Å². The maximum absolute atomic E-state index is 12.3. The first-order valence-corrected chi connectivity index (χ1v) is 10.2. The van der Waals surface area contributed by atoms with E-state index in [1.807, 2.05) is 42.5 Å². The van der Waals surface area contributed by atoms with Gasteiger partial charge < -0.3 is 5.32 Å². The van der Waals surface area contributed by atoms with Gasteiger partial charge in [0.15, 0.2) is 5.82 Å². The van der Waals surface area contributed by atoms with Crippen LogP contribution < -0.4 is 5.32 Å². The number of nitrogens with one attached hydrogen (secondary N) is 1. The summed E-state index contributed by atoms with van der Waals surface area (Å²) in [6, 6.07) is 13.6. The van der Waals surface area contributed by atoms with Crippen LogP contribution in [0.25, 0.3) is 22.6 Å². The molecule has 144 valence electrons. The molecule has 3 heterocycles. The number of amides is 1. The molecule has 0 aliphatic heterocycles. The Morgan fingerprint density at radius 2 is 1.72 bits per heavy atom. The largest absolute Gasteiger partial charge is 0.352 e. The molecule has 0 unspecified atom stereocenters. The van der Waals surface area contributed by atoms with Crippen molar-refractivity contribution in [2.24, 2.45) is 0 Å². The molecule has 4 rings (SSSR count). The van der Waals surface area contributed by atoms with Crippen molar-refractivity contribution in [3.63, 3.8) is 0 Å². The third-order valence-corrected chi connectivity index (χ3v) is 5.24. The summed E-state index contributed by atoms with van der Waals surface area (Å²) < 4.78 is 0. The Morgan fingerprint density at radius 3 is 2.48 bits per heavy atom. The quantitative estimate of drug-likeness (QED) is 0.473. The molecule has 0 radical (unpaired) electrons. The van der Waals surface area contributed by atoms with E-state index in [4.69, 9.17) is 0 Å². The number of nitrogens with zero attached hydrogens (tertiary/aromatic N) is 4. The molecule has 3 aromatic heterocycles. The highest BCUT2D eigenvalue weighted by Crippen LogP contribution is 2.21. The molecule has 1 aromatic carbocycles. The molecule has 4 aromatic rings. The molecule has 0 fully saturated rings. The van der Waals surface area contributed by atoms with Gasteiger partial charge in [0, 0.05) is 54.3 Å². The van der Waals surface area contributed by atoms with Gasteiger partial charge in [-0.2, -0.15) is 0 Å². The van der Waals surface area contributed by atoms with Gasteiger partial charge in [0.25, 0.3) is 5.91 Å². The normalized spacial score (nSPS) is 10.6. The molecule has 0 spiro atoms. The minimum Gasteiger partial charge on any atom is -0.352 e. The lowest BCUT2D eigenvalue weighted by Crippen LogP contribution is -2.25.